The van der Waals surface area contributed by atoms with E-state index in [2.05, 4.69) is 160 Å². The second-order valence-corrected chi connectivity index (χ2v) is 12.7. The molecular weight excluding hydrogens is 494 g/mol. The van der Waals surface area contributed by atoms with Crippen LogP contribution in [0.15, 0.2) is 127 Å². The smallest absolute Gasteiger partial charge is 0.0468 e. The van der Waals surface area contributed by atoms with E-state index in [1.54, 1.807) is 0 Å². The first kappa shape index (κ1) is 24.2. The largest absolute Gasteiger partial charge is 0.310 e. The Kier molecular flexibility index (Phi) is 4.98. The van der Waals surface area contributed by atoms with E-state index in [4.69, 9.17) is 0 Å². The van der Waals surface area contributed by atoms with Crippen LogP contribution >= 0.6 is 0 Å². The molecule has 0 amide bonds. The lowest BCUT2D eigenvalue weighted by Gasteiger charge is -2.28. The number of rotatable bonds is 3. The molecule has 0 bridgehead atoms. The number of hydrogen-bond donors (Lipinski definition) is 0. The van der Waals surface area contributed by atoms with Crippen molar-refractivity contribution in [1.29, 1.82) is 0 Å². The molecule has 6 aromatic carbocycles. The molecule has 2 aliphatic carbocycles. The van der Waals surface area contributed by atoms with Crippen LogP contribution in [-0.4, -0.2) is 0 Å². The third-order valence-corrected chi connectivity index (χ3v) is 9.62. The summed E-state index contributed by atoms with van der Waals surface area (Å²) in [5.74, 6) is 0. The molecule has 0 spiro atoms. The van der Waals surface area contributed by atoms with E-state index in [9.17, 15) is 0 Å². The number of nitrogens with zero attached hydrogens (tertiary/aromatic N) is 1. The van der Waals surface area contributed by atoms with E-state index in [0.29, 0.717) is 0 Å². The third kappa shape index (κ3) is 3.42. The number of benzene rings is 6. The van der Waals surface area contributed by atoms with Crippen LogP contribution in [0, 0.1) is 0 Å². The Morgan fingerprint density at radius 2 is 0.902 bits per heavy atom. The normalized spacial score (nSPS) is 15.2. The van der Waals surface area contributed by atoms with E-state index >= 15 is 0 Å². The lowest BCUT2D eigenvalue weighted by atomic mass is 9.82. The Morgan fingerprint density at radius 3 is 1.61 bits per heavy atom. The molecule has 0 aliphatic heterocycles. The Bertz CT molecular complexity index is 1990. The average molecular weight is 528 g/mol. The van der Waals surface area contributed by atoms with Gasteiger partial charge in [-0.25, -0.2) is 0 Å². The summed E-state index contributed by atoms with van der Waals surface area (Å²) in [5.41, 5.74) is 14.5. The van der Waals surface area contributed by atoms with E-state index in [1.807, 2.05) is 0 Å². The van der Waals surface area contributed by atoms with Crippen molar-refractivity contribution in [3.05, 3.63) is 150 Å². The molecule has 41 heavy (non-hydrogen) atoms. The SMILES string of the molecule is CC1(C)c2ccccc2-c2ccc(N(c3ccccc3)c3ccc4cc5c(cc4c3)-c3ccccc3C5(C)C)cc21. The van der Waals surface area contributed by atoms with Crippen LogP contribution < -0.4 is 4.90 Å². The van der Waals surface area contributed by atoms with E-state index in [1.165, 1.54) is 66.7 Å². The first-order chi connectivity index (χ1) is 19.8. The zero-order chi connectivity index (χ0) is 27.9. The molecule has 8 rings (SSSR count). The van der Waals surface area contributed by atoms with Gasteiger partial charge in [0.1, 0.15) is 0 Å². The summed E-state index contributed by atoms with van der Waals surface area (Å²) in [6.07, 6.45) is 0. The zero-order valence-corrected chi connectivity index (χ0v) is 24.1. The number of fused-ring (bicyclic) bond motifs is 7. The first-order valence-electron chi connectivity index (χ1n) is 14.6. The predicted octanol–water partition coefficient (Wildman–Crippen LogP) is 10.9. The zero-order valence-electron chi connectivity index (χ0n) is 24.1. The van der Waals surface area contributed by atoms with Crippen molar-refractivity contribution in [2.24, 2.45) is 0 Å². The van der Waals surface area contributed by atoms with Crippen LogP contribution in [0.5, 0.6) is 0 Å². The molecule has 0 radical (unpaired) electrons. The lowest BCUT2D eigenvalue weighted by molar-refractivity contribution is 0.660. The summed E-state index contributed by atoms with van der Waals surface area (Å²) in [6, 6.07) is 47.3. The molecule has 1 heteroatoms. The molecule has 0 heterocycles. The fourth-order valence-electron chi connectivity index (χ4n) is 7.43. The van der Waals surface area contributed by atoms with Crippen LogP contribution in [0.3, 0.4) is 0 Å². The number of anilines is 3. The molecular formula is C40H33N. The quantitative estimate of drug-likeness (QED) is 0.221. The van der Waals surface area contributed by atoms with Crippen LogP contribution in [0.4, 0.5) is 17.1 Å². The Morgan fingerprint density at radius 1 is 0.366 bits per heavy atom. The van der Waals surface area contributed by atoms with Crippen molar-refractivity contribution >= 4 is 27.8 Å². The average Bonchev–Trinajstić information content (AvgIpc) is 3.36. The standard InChI is InChI=1S/C40H33N/c1-39(2)36-17-11-9-15-32(36)34-23-27-22-29(19-18-26(27)24-37(34)39)41(28-12-6-5-7-13-28)30-20-21-33-31-14-8-10-16-35(31)40(3,4)38(33)25-30/h5-25H,1-4H3. The van der Waals surface area contributed by atoms with Crippen molar-refractivity contribution in [2.75, 3.05) is 4.90 Å². The fraction of sp³-hybridized carbons (Fsp3) is 0.150. The topological polar surface area (TPSA) is 3.24 Å². The Hall–Kier alpha value is -4.62. The van der Waals surface area contributed by atoms with Crippen molar-refractivity contribution in [1.82, 2.24) is 0 Å². The highest BCUT2D eigenvalue weighted by atomic mass is 15.1. The van der Waals surface area contributed by atoms with Gasteiger partial charge in [0, 0.05) is 27.9 Å². The summed E-state index contributed by atoms with van der Waals surface area (Å²) < 4.78 is 0. The Labute approximate surface area is 242 Å². The molecule has 0 atom stereocenters. The van der Waals surface area contributed by atoms with Gasteiger partial charge < -0.3 is 4.90 Å². The van der Waals surface area contributed by atoms with Crippen LogP contribution in [-0.2, 0) is 10.8 Å². The molecule has 6 aromatic rings. The molecule has 0 saturated heterocycles. The second kappa shape index (κ2) is 8.44. The van der Waals surface area contributed by atoms with Crippen LogP contribution in [0.1, 0.15) is 49.9 Å². The number of para-hydroxylation sites is 1. The van der Waals surface area contributed by atoms with Crippen molar-refractivity contribution in [3.63, 3.8) is 0 Å². The van der Waals surface area contributed by atoms with Gasteiger partial charge in [0.05, 0.1) is 0 Å². The monoisotopic (exact) mass is 527 g/mol. The van der Waals surface area contributed by atoms with Gasteiger partial charge in [-0.2, -0.15) is 0 Å². The maximum Gasteiger partial charge on any atom is 0.0468 e. The summed E-state index contributed by atoms with van der Waals surface area (Å²) >= 11 is 0. The first-order valence-corrected chi connectivity index (χ1v) is 14.6. The molecule has 0 unspecified atom stereocenters. The van der Waals surface area contributed by atoms with E-state index < -0.39 is 0 Å². The fourth-order valence-corrected chi connectivity index (χ4v) is 7.43. The highest BCUT2D eigenvalue weighted by Crippen LogP contribution is 2.52. The lowest BCUT2D eigenvalue weighted by Crippen LogP contribution is -2.16. The summed E-state index contributed by atoms with van der Waals surface area (Å²) in [5, 5.41) is 2.55. The molecule has 1 nitrogen and oxygen atoms in total. The molecule has 0 saturated carbocycles. The molecule has 198 valence electrons. The second-order valence-electron chi connectivity index (χ2n) is 12.7. The van der Waals surface area contributed by atoms with Gasteiger partial charge in [-0.15, -0.1) is 0 Å². The van der Waals surface area contributed by atoms with Crippen molar-refractivity contribution < 1.29 is 0 Å². The van der Waals surface area contributed by atoms with Crippen molar-refractivity contribution in [2.45, 2.75) is 38.5 Å². The van der Waals surface area contributed by atoms with Crippen LogP contribution in [0.25, 0.3) is 33.0 Å². The maximum absolute atomic E-state index is 2.41. The van der Waals surface area contributed by atoms with Gasteiger partial charge in [-0.3, -0.25) is 0 Å². The summed E-state index contributed by atoms with van der Waals surface area (Å²) in [7, 11) is 0. The van der Waals surface area contributed by atoms with Gasteiger partial charge >= 0.3 is 0 Å². The van der Waals surface area contributed by atoms with Gasteiger partial charge in [-0.05, 0) is 104 Å². The summed E-state index contributed by atoms with van der Waals surface area (Å²) in [6.45, 7) is 9.40. The Balaban J connectivity index is 1.31. The predicted molar refractivity (Wildman–Crippen MR) is 174 cm³/mol. The third-order valence-electron chi connectivity index (χ3n) is 9.62. The van der Waals surface area contributed by atoms with Crippen molar-refractivity contribution in [3.8, 4) is 22.3 Å². The van der Waals surface area contributed by atoms with Gasteiger partial charge in [-0.1, -0.05) is 107 Å². The van der Waals surface area contributed by atoms with Gasteiger partial charge in [0.2, 0.25) is 0 Å². The highest BCUT2D eigenvalue weighted by molar-refractivity contribution is 5.96. The number of hydrogen-bond acceptors (Lipinski definition) is 1. The van der Waals surface area contributed by atoms with E-state index in [0.717, 1.165) is 5.69 Å². The molecule has 0 aromatic heterocycles. The van der Waals surface area contributed by atoms with Crippen LogP contribution in [0.2, 0.25) is 0 Å². The molecule has 0 fully saturated rings. The minimum atomic E-state index is -0.0472. The molecule has 0 N–H and O–H groups in total. The highest BCUT2D eigenvalue weighted by Gasteiger charge is 2.37. The van der Waals surface area contributed by atoms with Gasteiger partial charge in [0.15, 0.2) is 0 Å². The maximum atomic E-state index is 2.41. The van der Waals surface area contributed by atoms with Gasteiger partial charge in [0.25, 0.3) is 0 Å². The van der Waals surface area contributed by atoms with E-state index in [-0.39, 0.29) is 10.8 Å². The summed E-state index contributed by atoms with van der Waals surface area (Å²) in [4.78, 5) is 2.41. The minimum Gasteiger partial charge on any atom is -0.310 e. The molecule has 2 aliphatic rings. The minimum absolute atomic E-state index is 0.00363.